The normalized spacial score (nSPS) is 10.2. The van der Waals surface area contributed by atoms with Crippen LogP contribution in [0, 0.1) is 0 Å². The summed E-state index contributed by atoms with van der Waals surface area (Å²) in [6.07, 6.45) is 1.14. The minimum atomic E-state index is -0.143. The largest absolute Gasteiger partial charge is 0.376 e. The van der Waals surface area contributed by atoms with Gasteiger partial charge in [-0.15, -0.1) is 0 Å². The highest BCUT2D eigenvalue weighted by Crippen LogP contribution is 2.21. The summed E-state index contributed by atoms with van der Waals surface area (Å²) in [6.45, 7) is 0.143. The smallest absolute Gasteiger partial charge is 0.243 e. The zero-order chi connectivity index (χ0) is 20.5. The van der Waals surface area contributed by atoms with Crippen LogP contribution in [0.15, 0.2) is 83.3 Å². The Morgan fingerprint density at radius 1 is 0.724 bits per heavy atom. The summed E-state index contributed by atoms with van der Waals surface area (Å²) in [5.74, 6) is -0.169. The van der Waals surface area contributed by atoms with E-state index < -0.39 is 0 Å². The topological polar surface area (TPSA) is 70.2 Å². The lowest BCUT2D eigenvalue weighted by atomic mass is 10.1. The maximum absolute atomic E-state index is 12.1. The molecule has 5 nitrogen and oxygen atoms in total. The van der Waals surface area contributed by atoms with Crippen LogP contribution >= 0.6 is 15.9 Å². The van der Waals surface area contributed by atoms with Gasteiger partial charge in [0.2, 0.25) is 11.8 Å². The van der Waals surface area contributed by atoms with Crippen LogP contribution < -0.4 is 16.0 Å². The molecule has 0 radical (unpaired) electrons. The molecule has 3 rings (SSSR count). The molecule has 0 aliphatic carbocycles. The Morgan fingerprint density at radius 3 is 2.10 bits per heavy atom. The van der Waals surface area contributed by atoms with E-state index in [2.05, 4.69) is 31.9 Å². The fourth-order valence-electron chi connectivity index (χ4n) is 2.74. The lowest BCUT2D eigenvalue weighted by Crippen LogP contribution is -2.21. The Balaban J connectivity index is 1.43. The van der Waals surface area contributed by atoms with Crippen molar-refractivity contribution in [2.45, 2.75) is 12.8 Å². The molecule has 0 saturated heterocycles. The van der Waals surface area contributed by atoms with E-state index in [4.69, 9.17) is 0 Å². The molecule has 0 saturated carbocycles. The van der Waals surface area contributed by atoms with Crippen LogP contribution in [0.25, 0.3) is 0 Å². The van der Waals surface area contributed by atoms with Gasteiger partial charge >= 0.3 is 0 Å². The predicted molar refractivity (Wildman–Crippen MR) is 121 cm³/mol. The van der Waals surface area contributed by atoms with Gasteiger partial charge in [0, 0.05) is 22.3 Å². The SMILES string of the molecule is O=C(CCc1ccccc1)Nc1ccc(NCC(=O)Nc2ccccc2Br)cc1. The maximum Gasteiger partial charge on any atom is 0.243 e. The second-order valence-electron chi connectivity index (χ2n) is 6.49. The third-order valence-electron chi connectivity index (χ3n) is 4.25. The first kappa shape index (κ1) is 20.6. The molecule has 0 heterocycles. The van der Waals surface area contributed by atoms with Gasteiger partial charge in [-0.05, 0) is 64.3 Å². The van der Waals surface area contributed by atoms with Gasteiger partial charge in [0.25, 0.3) is 0 Å². The minimum absolute atomic E-state index is 0.0256. The predicted octanol–water partition coefficient (Wildman–Crippen LogP) is 5.07. The summed E-state index contributed by atoms with van der Waals surface area (Å²) in [6, 6.07) is 24.7. The minimum Gasteiger partial charge on any atom is -0.376 e. The molecular formula is C23H22BrN3O2. The molecule has 0 unspecified atom stereocenters. The molecule has 0 aliphatic heterocycles. The van der Waals surface area contributed by atoms with Crippen LogP contribution in [-0.2, 0) is 16.0 Å². The summed E-state index contributed by atoms with van der Waals surface area (Å²) < 4.78 is 0.834. The van der Waals surface area contributed by atoms with E-state index in [1.165, 1.54) is 0 Å². The van der Waals surface area contributed by atoms with Gasteiger partial charge in [-0.2, -0.15) is 0 Å². The molecule has 0 aromatic heterocycles. The Labute approximate surface area is 178 Å². The third kappa shape index (κ3) is 6.76. The van der Waals surface area contributed by atoms with Crippen LogP contribution in [-0.4, -0.2) is 18.4 Å². The number of anilines is 3. The summed E-state index contributed by atoms with van der Waals surface area (Å²) in [5.41, 5.74) is 3.40. The van der Waals surface area contributed by atoms with Gasteiger partial charge in [-0.3, -0.25) is 9.59 Å². The van der Waals surface area contributed by atoms with Crippen LogP contribution in [0.1, 0.15) is 12.0 Å². The molecule has 0 spiro atoms. The number of hydrogen-bond acceptors (Lipinski definition) is 3. The van der Waals surface area contributed by atoms with E-state index >= 15 is 0 Å². The van der Waals surface area contributed by atoms with E-state index in [0.29, 0.717) is 12.8 Å². The Bertz CT molecular complexity index is 959. The maximum atomic E-state index is 12.1. The number of carbonyl (C=O) groups is 2. The number of amides is 2. The molecule has 0 fully saturated rings. The first-order valence-corrected chi connectivity index (χ1v) is 10.1. The fourth-order valence-corrected chi connectivity index (χ4v) is 3.12. The number of halogens is 1. The molecule has 29 heavy (non-hydrogen) atoms. The summed E-state index contributed by atoms with van der Waals surface area (Å²) in [7, 11) is 0. The number of para-hydroxylation sites is 1. The first-order chi connectivity index (χ1) is 14.1. The van der Waals surface area contributed by atoms with Crippen molar-refractivity contribution in [3.8, 4) is 0 Å². The standard InChI is InChI=1S/C23H22BrN3O2/c24-20-8-4-5-9-21(20)27-23(29)16-25-18-11-13-19(14-12-18)26-22(28)15-10-17-6-2-1-3-7-17/h1-9,11-14,25H,10,15-16H2,(H,26,28)(H,27,29). The molecule has 148 valence electrons. The first-order valence-electron chi connectivity index (χ1n) is 9.32. The molecule has 3 aromatic carbocycles. The average molecular weight is 452 g/mol. The zero-order valence-electron chi connectivity index (χ0n) is 15.8. The summed E-state index contributed by atoms with van der Waals surface area (Å²) in [4.78, 5) is 24.2. The summed E-state index contributed by atoms with van der Waals surface area (Å²) in [5, 5.41) is 8.80. The Kier molecular flexibility index (Phi) is 7.41. The molecular weight excluding hydrogens is 430 g/mol. The number of aryl methyl sites for hydroxylation is 1. The van der Waals surface area contributed by atoms with E-state index in [-0.39, 0.29) is 18.4 Å². The van der Waals surface area contributed by atoms with Crippen molar-refractivity contribution in [2.75, 3.05) is 22.5 Å². The van der Waals surface area contributed by atoms with Crippen LogP contribution in [0.3, 0.4) is 0 Å². The van der Waals surface area contributed by atoms with Crippen molar-refractivity contribution in [3.05, 3.63) is 88.9 Å². The molecule has 3 N–H and O–H groups in total. The average Bonchev–Trinajstić information content (AvgIpc) is 2.74. The molecule has 3 aromatic rings. The van der Waals surface area contributed by atoms with Crippen molar-refractivity contribution in [2.24, 2.45) is 0 Å². The van der Waals surface area contributed by atoms with Crippen LogP contribution in [0.4, 0.5) is 17.1 Å². The van der Waals surface area contributed by atoms with Gasteiger partial charge in [0.1, 0.15) is 0 Å². The number of benzene rings is 3. The second kappa shape index (κ2) is 10.4. The van der Waals surface area contributed by atoms with Gasteiger partial charge in [-0.25, -0.2) is 0 Å². The number of hydrogen-bond donors (Lipinski definition) is 3. The van der Waals surface area contributed by atoms with Gasteiger partial charge in [-0.1, -0.05) is 42.5 Å². The fraction of sp³-hybridized carbons (Fsp3) is 0.130. The molecule has 6 heteroatoms. The number of rotatable bonds is 8. The lowest BCUT2D eigenvalue weighted by Gasteiger charge is -2.10. The highest BCUT2D eigenvalue weighted by Gasteiger charge is 2.06. The van der Waals surface area contributed by atoms with Crippen molar-refractivity contribution >= 4 is 44.8 Å². The lowest BCUT2D eigenvalue weighted by molar-refractivity contribution is -0.116. The molecule has 0 aliphatic rings. The number of carbonyl (C=O) groups excluding carboxylic acids is 2. The van der Waals surface area contributed by atoms with E-state index in [1.54, 1.807) is 0 Å². The van der Waals surface area contributed by atoms with Crippen molar-refractivity contribution in [3.63, 3.8) is 0 Å². The third-order valence-corrected chi connectivity index (χ3v) is 4.94. The highest BCUT2D eigenvalue weighted by molar-refractivity contribution is 9.10. The van der Waals surface area contributed by atoms with Crippen molar-refractivity contribution in [1.29, 1.82) is 0 Å². The molecule has 0 bridgehead atoms. The van der Waals surface area contributed by atoms with E-state index in [9.17, 15) is 9.59 Å². The Morgan fingerprint density at radius 2 is 1.38 bits per heavy atom. The number of nitrogens with one attached hydrogen (secondary N) is 3. The van der Waals surface area contributed by atoms with E-state index in [1.807, 2.05) is 78.9 Å². The van der Waals surface area contributed by atoms with Crippen molar-refractivity contribution in [1.82, 2.24) is 0 Å². The van der Waals surface area contributed by atoms with Crippen LogP contribution in [0.2, 0.25) is 0 Å². The van der Waals surface area contributed by atoms with Gasteiger partial charge in [0.15, 0.2) is 0 Å². The highest BCUT2D eigenvalue weighted by atomic mass is 79.9. The second-order valence-corrected chi connectivity index (χ2v) is 7.35. The molecule has 0 atom stereocenters. The van der Waals surface area contributed by atoms with Gasteiger partial charge in [0.05, 0.1) is 12.2 Å². The zero-order valence-corrected chi connectivity index (χ0v) is 17.4. The Hall–Kier alpha value is -3.12. The van der Waals surface area contributed by atoms with Gasteiger partial charge < -0.3 is 16.0 Å². The quantitative estimate of drug-likeness (QED) is 0.447. The van der Waals surface area contributed by atoms with E-state index in [0.717, 1.165) is 27.1 Å². The molecule has 2 amide bonds. The summed E-state index contributed by atoms with van der Waals surface area (Å²) >= 11 is 3.40. The monoisotopic (exact) mass is 451 g/mol. The van der Waals surface area contributed by atoms with Crippen LogP contribution in [0.5, 0.6) is 0 Å². The van der Waals surface area contributed by atoms with Crippen molar-refractivity contribution < 1.29 is 9.59 Å².